The Hall–Kier alpha value is -1.15. The largest absolute Gasteiger partial charge is 0.385 e. The molecule has 16 heavy (non-hydrogen) atoms. The molecule has 0 radical (unpaired) electrons. The van der Waals surface area contributed by atoms with E-state index in [4.69, 9.17) is 0 Å². The van der Waals surface area contributed by atoms with Gasteiger partial charge >= 0.3 is 0 Å². The molecule has 0 bridgehead atoms. The lowest BCUT2D eigenvalue weighted by atomic mass is 9.74. The summed E-state index contributed by atoms with van der Waals surface area (Å²) in [4.78, 5) is 11.5. The van der Waals surface area contributed by atoms with E-state index in [1.165, 1.54) is 5.56 Å². The first kappa shape index (κ1) is 11.3. The van der Waals surface area contributed by atoms with Crippen LogP contribution in [0.15, 0.2) is 30.3 Å². The van der Waals surface area contributed by atoms with Gasteiger partial charge in [0.15, 0.2) is 5.78 Å². The molecule has 0 aliphatic heterocycles. The molecule has 2 heteroatoms. The maximum absolute atomic E-state index is 11.5. The number of hydrogen-bond acceptors (Lipinski definition) is 2. The second kappa shape index (κ2) is 4.02. The summed E-state index contributed by atoms with van der Waals surface area (Å²) in [6, 6.07) is 10.1. The molecular weight excluding hydrogens is 200 g/mol. The first-order chi connectivity index (χ1) is 7.54. The predicted octanol–water partition coefficient (Wildman–Crippen LogP) is 2.21. The van der Waals surface area contributed by atoms with Gasteiger partial charge < -0.3 is 5.11 Å². The van der Waals surface area contributed by atoms with Gasteiger partial charge in [-0.1, -0.05) is 44.2 Å². The number of rotatable bonds is 2. The Morgan fingerprint density at radius 3 is 2.50 bits per heavy atom. The highest BCUT2D eigenvalue weighted by Gasteiger charge is 2.48. The van der Waals surface area contributed by atoms with Crippen molar-refractivity contribution >= 4 is 5.78 Å². The molecule has 1 N–H and O–H groups in total. The second-order valence-corrected chi connectivity index (χ2v) is 5.14. The first-order valence-corrected chi connectivity index (χ1v) is 5.79. The van der Waals surface area contributed by atoms with Gasteiger partial charge in [0.25, 0.3) is 0 Å². The molecule has 0 saturated heterocycles. The van der Waals surface area contributed by atoms with Crippen LogP contribution in [0.5, 0.6) is 0 Å². The van der Waals surface area contributed by atoms with E-state index >= 15 is 0 Å². The summed E-state index contributed by atoms with van der Waals surface area (Å²) in [6.45, 7) is 4.07. The summed E-state index contributed by atoms with van der Waals surface area (Å²) in [5.41, 5.74) is 0.879. The van der Waals surface area contributed by atoms with Crippen molar-refractivity contribution in [3.05, 3.63) is 35.9 Å². The van der Waals surface area contributed by atoms with Crippen molar-refractivity contribution < 1.29 is 9.90 Å². The van der Waals surface area contributed by atoms with Crippen molar-refractivity contribution in [3.8, 4) is 0 Å². The van der Waals surface area contributed by atoms with Crippen LogP contribution in [0.2, 0.25) is 0 Å². The zero-order valence-corrected chi connectivity index (χ0v) is 9.81. The summed E-state index contributed by atoms with van der Waals surface area (Å²) in [5, 5.41) is 10.00. The Morgan fingerprint density at radius 1 is 1.38 bits per heavy atom. The topological polar surface area (TPSA) is 37.3 Å². The van der Waals surface area contributed by atoms with Gasteiger partial charge in [0, 0.05) is 11.8 Å². The minimum absolute atomic E-state index is 0.00840. The van der Waals surface area contributed by atoms with Gasteiger partial charge in [-0.25, -0.2) is 0 Å². The smallest absolute Gasteiger partial charge is 0.162 e. The molecular formula is C14H18O2. The van der Waals surface area contributed by atoms with Crippen LogP contribution in [0.4, 0.5) is 0 Å². The van der Waals surface area contributed by atoms with Gasteiger partial charge in [-0.2, -0.15) is 0 Å². The number of hydrogen-bond donors (Lipinski definition) is 1. The molecule has 1 fully saturated rings. The summed E-state index contributed by atoms with van der Waals surface area (Å²) < 4.78 is 0. The summed E-state index contributed by atoms with van der Waals surface area (Å²) in [6.07, 6.45) is 0.467. The number of aliphatic hydroxyl groups is 1. The highest BCUT2D eigenvalue weighted by atomic mass is 16.3. The van der Waals surface area contributed by atoms with Crippen molar-refractivity contribution in [3.63, 3.8) is 0 Å². The van der Waals surface area contributed by atoms with Gasteiger partial charge in [-0.3, -0.25) is 4.79 Å². The normalized spacial score (nSPS) is 34.3. The fourth-order valence-corrected chi connectivity index (χ4v) is 2.59. The number of ketones is 1. The molecule has 1 aromatic carbocycles. The Morgan fingerprint density at radius 2 is 2.00 bits per heavy atom. The Kier molecular flexibility index (Phi) is 2.85. The zero-order chi connectivity index (χ0) is 11.8. The molecule has 2 nitrogen and oxygen atoms in total. The molecule has 0 spiro atoms. The average Bonchev–Trinajstić information content (AvgIpc) is 2.45. The molecule has 2 rings (SSSR count). The van der Waals surface area contributed by atoms with Crippen LogP contribution in [0.1, 0.15) is 25.8 Å². The summed E-state index contributed by atoms with van der Waals surface area (Å²) in [7, 11) is 0. The fraction of sp³-hybridized carbons (Fsp3) is 0.500. The third-order valence-electron chi connectivity index (χ3n) is 3.99. The van der Waals surface area contributed by atoms with Crippen molar-refractivity contribution in [2.24, 2.45) is 11.3 Å². The maximum atomic E-state index is 11.5. The van der Waals surface area contributed by atoms with E-state index in [-0.39, 0.29) is 17.1 Å². The minimum Gasteiger partial charge on any atom is -0.385 e. The molecule has 86 valence electrons. The van der Waals surface area contributed by atoms with Crippen molar-refractivity contribution in [2.75, 3.05) is 0 Å². The van der Waals surface area contributed by atoms with E-state index in [2.05, 4.69) is 6.92 Å². The van der Waals surface area contributed by atoms with Crippen LogP contribution in [0.25, 0.3) is 0 Å². The lowest BCUT2D eigenvalue weighted by molar-refractivity contribution is -0.127. The fourth-order valence-electron chi connectivity index (χ4n) is 2.59. The first-order valence-electron chi connectivity index (χ1n) is 5.79. The Balaban J connectivity index is 2.23. The molecule has 0 amide bonds. The standard InChI is InChI=1S/C14H18O2/c1-10-8-12(15)13(16)14(10,2)9-11-6-4-3-5-7-11/h3-7,10,13,16H,8-9H2,1-2H3/t10-,13-,14+/m0/s1. The van der Waals surface area contributed by atoms with E-state index in [0.717, 1.165) is 6.42 Å². The molecule has 3 atom stereocenters. The maximum Gasteiger partial charge on any atom is 0.162 e. The number of aliphatic hydroxyl groups excluding tert-OH is 1. The lowest BCUT2D eigenvalue weighted by Gasteiger charge is -2.31. The molecule has 1 saturated carbocycles. The zero-order valence-electron chi connectivity index (χ0n) is 9.81. The van der Waals surface area contributed by atoms with E-state index in [0.29, 0.717) is 6.42 Å². The Bertz CT molecular complexity index is 385. The van der Waals surface area contributed by atoms with Crippen LogP contribution in [0.3, 0.4) is 0 Å². The molecule has 0 unspecified atom stereocenters. The number of benzene rings is 1. The Labute approximate surface area is 96.3 Å². The molecule has 0 aromatic heterocycles. The van der Waals surface area contributed by atoms with Crippen LogP contribution >= 0.6 is 0 Å². The van der Waals surface area contributed by atoms with E-state index in [1.54, 1.807) is 0 Å². The molecule has 1 aliphatic carbocycles. The third-order valence-corrected chi connectivity index (χ3v) is 3.99. The van der Waals surface area contributed by atoms with Gasteiger partial charge in [0.1, 0.15) is 6.10 Å². The quantitative estimate of drug-likeness (QED) is 0.826. The van der Waals surface area contributed by atoms with Crippen LogP contribution < -0.4 is 0 Å². The highest BCUT2D eigenvalue weighted by molar-refractivity contribution is 5.86. The third kappa shape index (κ3) is 1.78. The van der Waals surface area contributed by atoms with E-state index < -0.39 is 6.10 Å². The lowest BCUT2D eigenvalue weighted by Crippen LogP contribution is -2.36. The van der Waals surface area contributed by atoms with E-state index in [1.807, 2.05) is 37.3 Å². The summed E-state index contributed by atoms with van der Waals surface area (Å²) in [5.74, 6) is 0.237. The number of carbonyl (C=O) groups is 1. The number of Topliss-reactive ketones (excluding diaryl/α,β-unsaturated/α-hetero) is 1. The van der Waals surface area contributed by atoms with Crippen molar-refractivity contribution in [1.82, 2.24) is 0 Å². The highest BCUT2D eigenvalue weighted by Crippen LogP contribution is 2.43. The van der Waals surface area contributed by atoms with Crippen molar-refractivity contribution in [1.29, 1.82) is 0 Å². The van der Waals surface area contributed by atoms with Gasteiger partial charge in [-0.15, -0.1) is 0 Å². The minimum atomic E-state index is -0.803. The predicted molar refractivity (Wildman–Crippen MR) is 63.0 cm³/mol. The van der Waals surface area contributed by atoms with Gasteiger partial charge in [0.2, 0.25) is 0 Å². The van der Waals surface area contributed by atoms with E-state index in [9.17, 15) is 9.90 Å². The van der Waals surface area contributed by atoms with Crippen LogP contribution in [-0.2, 0) is 11.2 Å². The van der Waals surface area contributed by atoms with Crippen LogP contribution in [-0.4, -0.2) is 17.0 Å². The monoisotopic (exact) mass is 218 g/mol. The van der Waals surface area contributed by atoms with Gasteiger partial charge in [-0.05, 0) is 17.9 Å². The van der Waals surface area contributed by atoms with Crippen molar-refractivity contribution in [2.45, 2.75) is 32.8 Å². The molecule has 0 heterocycles. The second-order valence-electron chi connectivity index (χ2n) is 5.14. The summed E-state index contributed by atoms with van der Waals surface area (Å²) >= 11 is 0. The molecule has 1 aliphatic rings. The SMILES string of the molecule is C[C@H]1CC(=O)[C@H](O)[C@]1(C)Cc1ccccc1. The number of carbonyl (C=O) groups excluding carboxylic acids is 1. The van der Waals surface area contributed by atoms with Gasteiger partial charge in [0.05, 0.1) is 0 Å². The van der Waals surface area contributed by atoms with Crippen LogP contribution in [0, 0.1) is 11.3 Å². The molecule has 1 aromatic rings. The average molecular weight is 218 g/mol.